The second-order valence-electron chi connectivity index (χ2n) is 2.18. The third-order valence-corrected chi connectivity index (χ3v) is 1.31. The van der Waals surface area contributed by atoms with Crippen molar-refractivity contribution in [3.63, 3.8) is 0 Å². The molecule has 0 atom stereocenters. The molecule has 56 valence electrons. The molecule has 0 N–H and O–H groups in total. The summed E-state index contributed by atoms with van der Waals surface area (Å²) in [6, 6.07) is 0. The first kappa shape index (κ1) is 10.1. The Morgan fingerprint density at radius 3 is 1.00 bits per heavy atom. The average Bonchev–Trinajstić information content (AvgIpc) is 2.67. The van der Waals surface area contributed by atoms with Gasteiger partial charge in [-0.1, -0.05) is 48.6 Å². The van der Waals surface area contributed by atoms with Crippen molar-refractivity contribution >= 4 is 10.1 Å². The fourth-order valence-electron chi connectivity index (χ4n) is 0.786. The van der Waals surface area contributed by atoms with Crippen LogP contribution in [0.4, 0.5) is 0 Å². The molecule has 0 aromatic heterocycles. The maximum absolute atomic E-state index is 2.12. The summed E-state index contributed by atoms with van der Waals surface area (Å²) < 4.78 is 0. The van der Waals surface area contributed by atoms with Crippen LogP contribution in [0.25, 0.3) is 0 Å². The molecular formula is C10H14Be. The Kier molecular flexibility index (Phi) is 6.67. The van der Waals surface area contributed by atoms with Gasteiger partial charge in [0.15, 0.2) is 0 Å². The Bertz CT molecular complexity index is 151. The van der Waals surface area contributed by atoms with Gasteiger partial charge < -0.3 is 2.85 Å². The molecule has 0 amide bonds. The van der Waals surface area contributed by atoms with E-state index in [9.17, 15) is 0 Å². The first-order valence-electron chi connectivity index (χ1n) is 3.63. The van der Waals surface area contributed by atoms with Crippen LogP contribution >= 0.6 is 0 Å². The van der Waals surface area contributed by atoms with Crippen LogP contribution in [0.5, 0.6) is 0 Å². The molecule has 0 radical (unpaired) electrons. The van der Waals surface area contributed by atoms with Crippen LogP contribution in [0.2, 0.25) is 0 Å². The van der Waals surface area contributed by atoms with Crippen LogP contribution in [0.3, 0.4) is 0 Å². The summed E-state index contributed by atoms with van der Waals surface area (Å²) in [6.07, 6.45) is 19.0. The summed E-state index contributed by atoms with van der Waals surface area (Å²) in [6.45, 7) is 0. The Morgan fingerprint density at radius 2 is 0.909 bits per heavy atom. The molecule has 0 unspecified atom stereocenters. The molecule has 0 aliphatic heterocycles. The zero-order valence-electron chi connectivity index (χ0n) is 8.74. The summed E-state index contributed by atoms with van der Waals surface area (Å²) in [7, 11) is 0. The van der Waals surface area contributed by atoms with Gasteiger partial charge in [-0.25, -0.2) is 0 Å². The second-order valence-corrected chi connectivity index (χ2v) is 2.18. The van der Waals surface area contributed by atoms with Gasteiger partial charge in [0.2, 0.25) is 0 Å². The van der Waals surface area contributed by atoms with Crippen LogP contribution in [-0.2, 0) is 0 Å². The smallest absolute Gasteiger partial charge is 1.00 e. The fourth-order valence-corrected chi connectivity index (χ4v) is 0.786. The summed E-state index contributed by atoms with van der Waals surface area (Å²) in [5, 5.41) is 0. The summed E-state index contributed by atoms with van der Waals surface area (Å²) in [5.41, 5.74) is 0. The molecule has 0 aromatic rings. The average molecular weight is 143 g/mol. The first-order valence-corrected chi connectivity index (χ1v) is 3.63. The molecule has 0 spiro atoms. The van der Waals surface area contributed by atoms with E-state index in [0.717, 1.165) is 12.8 Å². The Morgan fingerprint density at radius 1 is 0.636 bits per heavy atom. The summed E-state index contributed by atoms with van der Waals surface area (Å²) in [5.74, 6) is 0. The van der Waals surface area contributed by atoms with Crippen LogP contribution < -0.4 is 0 Å². The summed E-state index contributed by atoms with van der Waals surface area (Å²) in [4.78, 5) is 0. The molecule has 0 fully saturated rings. The van der Waals surface area contributed by atoms with Gasteiger partial charge in [-0.3, -0.25) is 0 Å². The quantitative estimate of drug-likeness (QED) is 0.457. The van der Waals surface area contributed by atoms with E-state index < -0.39 is 0 Å². The van der Waals surface area contributed by atoms with Crippen molar-refractivity contribution in [2.45, 2.75) is 12.8 Å². The van der Waals surface area contributed by atoms with Crippen molar-refractivity contribution in [3.8, 4) is 0 Å². The SMILES string of the molecule is C1=CCC=C1.C1=CCC=C1.[Be+2].[H-].[H-]. The minimum Gasteiger partial charge on any atom is -1.00 e. The largest absolute Gasteiger partial charge is 2.00 e. The first-order chi connectivity index (χ1) is 5.00. The number of rotatable bonds is 0. The molecule has 0 nitrogen and oxygen atoms in total. The predicted molar refractivity (Wildman–Crippen MR) is 53.8 cm³/mol. The molecule has 0 heterocycles. The van der Waals surface area contributed by atoms with Gasteiger partial charge in [0, 0.05) is 0 Å². The zero-order chi connectivity index (χ0) is 7.07. The molecule has 1 heteroatoms. The van der Waals surface area contributed by atoms with E-state index in [1.54, 1.807) is 0 Å². The van der Waals surface area contributed by atoms with Gasteiger partial charge in [-0.2, -0.15) is 0 Å². The maximum atomic E-state index is 2.12. The van der Waals surface area contributed by atoms with E-state index in [1.807, 2.05) is 0 Å². The topological polar surface area (TPSA) is 0 Å². The number of hydrogen-bond donors (Lipinski definition) is 0. The molecule has 0 aromatic carbocycles. The zero-order valence-corrected chi connectivity index (χ0v) is 6.74. The van der Waals surface area contributed by atoms with Gasteiger partial charge >= 0.3 is 10.1 Å². The predicted octanol–water partition coefficient (Wildman–Crippen LogP) is 2.85. The van der Waals surface area contributed by atoms with Crippen molar-refractivity contribution in [1.82, 2.24) is 0 Å². The molecule has 0 saturated heterocycles. The molecule has 11 heavy (non-hydrogen) atoms. The monoisotopic (exact) mass is 143 g/mol. The van der Waals surface area contributed by atoms with Gasteiger partial charge in [0.25, 0.3) is 0 Å². The maximum Gasteiger partial charge on any atom is 2.00 e. The number of hydrogen-bond acceptors (Lipinski definition) is 0. The normalized spacial score (nSPS) is 16.0. The molecule has 2 rings (SSSR count). The Labute approximate surface area is 75.2 Å². The molecule has 0 saturated carbocycles. The number of allylic oxidation sites excluding steroid dienone is 8. The van der Waals surface area contributed by atoms with Gasteiger partial charge in [-0.15, -0.1) is 0 Å². The van der Waals surface area contributed by atoms with E-state index >= 15 is 0 Å². The van der Waals surface area contributed by atoms with Crippen molar-refractivity contribution in [1.29, 1.82) is 0 Å². The third-order valence-electron chi connectivity index (χ3n) is 1.31. The fraction of sp³-hybridized carbons (Fsp3) is 0.200. The Balaban J connectivity index is -0.000000125. The third kappa shape index (κ3) is 5.57. The van der Waals surface area contributed by atoms with Gasteiger partial charge in [0.05, 0.1) is 0 Å². The van der Waals surface area contributed by atoms with Crippen molar-refractivity contribution < 1.29 is 2.85 Å². The van der Waals surface area contributed by atoms with E-state index in [2.05, 4.69) is 48.6 Å². The van der Waals surface area contributed by atoms with E-state index in [-0.39, 0.29) is 13.0 Å². The van der Waals surface area contributed by atoms with Crippen molar-refractivity contribution in [2.75, 3.05) is 0 Å². The van der Waals surface area contributed by atoms with Gasteiger partial charge in [0.1, 0.15) is 0 Å². The van der Waals surface area contributed by atoms with Gasteiger partial charge in [-0.05, 0) is 12.8 Å². The Hall–Kier alpha value is -0.871. The van der Waals surface area contributed by atoms with Crippen LogP contribution in [-0.4, -0.2) is 10.1 Å². The van der Waals surface area contributed by atoms with Crippen LogP contribution in [0.1, 0.15) is 15.7 Å². The van der Waals surface area contributed by atoms with Crippen molar-refractivity contribution in [2.24, 2.45) is 0 Å². The van der Waals surface area contributed by atoms with Crippen molar-refractivity contribution in [3.05, 3.63) is 48.6 Å². The molecule has 0 bridgehead atoms. The van der Waals surface area contributed by atoms with E-state index in [1.165, 1.54) is 0 Å². The van der Waals surface area contributed by atoms with E-state index in [4.69, 9.17) is 0 Å². The summed E-state index contributed by atoms with van der Waals surface area (Å²) >= 11 is 0. The minimum atomic E-state index is 0. The molecule has 2 aliphatic rings. The van der Waals surface area contributed by atoms with Crippen LogP contribution in [0.15, 0.2) is 48.6 Å². The molecule has 2 aliphatic carbocycles. The minimum absolute atomic E-state index is 0. The van der Waals surface area contributed by atoms with E-state index in [0.29, 0.717) is 0 Å². The standard InChI is InChI=1S/2C5H6.Be.2H/c2*1-2-4-5-3-1;;;/h2*1-4H,5H2;;;/q;;+2;2*-1. The van der Waals surface area contributed by atoms with Crippen LogP contribution in [0, 0.1) is 0 Å². The molecular weight excluding hydrogens is 129 g/mol. The second kappa shape index (κ2) is 7.24.